The molecule has 0 aromatic rings. The molecule has 0 saturated heterocycles. The molecule has 0 radical (unpaired) electrons. The van der Waals surface area contributed by atoms with E-state index in [0.717, 1.165) is 12.8 Å². The van der Waals surface area contributed by atoms with E-state index in [4.69, 9.17) is 5.11 Å². The molecular weight excluding hydrogens is 136 g/mol. The highest BCUT2D eigenvalue weighted by Crippen LogP contribution is 2.17. The lowest BCUT2D eigenvalue weighted by atomic mass is 9.94. The van der Waals surface area contributed by atoms with Crippen molar-refractivity contribution >= 4 is 0 Å². The normalized spacial score (nSPS) is 15.9. The molecule has 0 aromatic carbocycles. The van der Waals surface area contributed by atoms with E-state index in [1.807, 2.05) is 13.0 Å². The Labute approximate surface area is 70.1 Å². The van der Waals surface area contributed by atoms with E-state index in [0.29, 0.717) is 5.92 Å². The summed E-state index contributed by atoms with van der Waals surface area (Å²) in [5, 5.41) is 9.13. The van der Waals surface area contributed by atoms with Crippen LogP contribution in [0.5, 0.6) is 0 Å². The number of aliphatic hydroxyl groups excluding tert-OH is 1. The first-order valence-electron chi connectivity index (χ1n) is 4.49. The second-order valence-electron chi connectivity index (χ2n) is 3.23. The molecule has 0 fully saturated rings. The Balaban J connectivity index is 3.48. The van der Waals surface area contributed by atoms with Crippen LogP contribution < -0.4 is 0 Å². The number of hydrogen-bond donors (Lipinski definition) is 1. The van der Waals surface area contributed by atoms with Crippen LogP contribution in [0, 0.1) is 5.92 Å². The third-order valence-electron chi connectivity index (χ3n) is 2.03. The maximum atomic E-state index is 9.13. The number of hydrogen-bond acceptors (Lipinski definition) is 1. The summed E-state index contributed by atoms with van der Waals surface area (Å²) in [5.41, 5.74) is 0. The van der Waals surface area contributed by atoms with Crippen molar-refractivity contribution in [1.82, 2.24) is 0 Å². The summed E-state index contributed by atoms with van der Waals surface area (Å²) in [7, 11) is 0. The van der Waals surface area contributed by atoms with Crippen molar-refractivity contribution in [2.24, 2.45) is 5.92 Å². The van der Waals surface area contributed by atoms with Crippen LogP contribution in [0.15, 0.2) is 12.7 Å². The van der Waals surface area contributed by atoms with E-state index >= 15 is 0 Å². The summed E-state index contributed by atoms with van der Waals surface area (Å²) in [6, 6.07) is 0. The zero-order chi connectivity index (χ0) is 8.69. The molecule has 0 amide bonds. The van der Waals surface area contributed by atoms with Gasteiger partial charge < -0.3 is 5.11 Å². The van der Waals surface area contributed by atoms with E-state index in [1.165, 1.54) is 12.8 Å². The summed E-state index contributed by atoms with van der Waals surface area (Å²) in [4.78, 5) is 0. The first-order chi connectivity index (χ1) is 5.20. The third-order valence-corrected chi connectivity index (χ3v) is 2.03. The average Bonchev–Trinajstić information content (AvgIpc) is 1.97. The van der Waals surface area contributed by atoms with E-state index in [9.17, 15) is 0 Å². The van der Waals surface area contributed by atoms with Crippen molar-refractivity contribution in [2.45, 2.75) is 45.6 Å². The van der Waals surface area contributed by atoms with Crippen molar-refractivity contribution in [3.8, 4) is 0 Å². The van der Waals surface area contributed by atoms with Gasteiger partial charge in [0.1, 0.15) is 0 Å². The van der Waals surface area contributed by atoms with Crippen molar-refractivity contribution in [3.05, 3.63) is 12.7 Å². The number of aliphatic hydroxyl groups is 1. The largest absolute Gasteiger partial charge is 0.393 e. The summed E-state index contributed by atoms with van der Waals surface area (Å²) < 4.78 is 0. The van der Waals surface area contributed by atoms with Crippen LogP contribution in [0.2, 0.25) is 0 Å². The van der Waals surface area contributed by atoms with Crippen molar-refractivity contribution < 1.29 is 5.11 Å². The topological polar surface area (TPSA) is 20.2 Å². The fraction of sp³-hybridized carbons (Fsp3) is 0.800. The van der Waals surface area contributed by atoms with Crippen LogP contribution in [-0.2, 0) is 0 Å². The molecule has 0 heterocycles. The Kier molecular flexibility index (Phi) is 6.24. The molecule has 2 atom stereocenters. The van der Waals surface area contributed by atoms with Gasteiger partial charge in [0, 0.05) is 0 Å². The Morgan fingerprint density at radius 1 is 1.55 bits per heavy atom. The molecule has 0 aliphatic carbocycles. The molecule has 11 heavy (non-hydrogen) atoms. The van der Waals surface area contributed by atoms with Crippen LogP contribution >= 0.6 is 0 Å². The molecule has 0 bridgehead atoms. The highest BCUT2D eigenvalue weighted by molar-refractivity contribution is 4.70. The van der Waals surface area contributed by atoms with Crippen molar-refractivity contribution in [3.63, 3.8) is 0 Å². The molecule has 0 aliphatic rings. The third kappa shape index (κ3) is 6.11. The molecule has 66 valence electrons. The lowest BCUT2D eigenvalue weighted by molar-refractivity contribution is 0.156. The lowest BCUT2D eigenvalue weighted by Gasteiger charge is -2.14. The smallest absolute Gasteiger partial charge is 0.0514 e. The maximum Gasteiger partial charge on any atom is 0.0514 e. The van der Waals surface area contributed by atoms with Gasteiger partial charge in [0.05, 0.1) is 6.10 Å². The van der Waals surface area contributed by atoms with Gasteiger partial charge in [0.15, 0.2) is 0 Å². The molecule has 1 heteroatoms. The molecule has 0 saturated carbocycles. The summed E-state index contributed by atoms with van der Waals surface area (Å²) in [6.45, 7) is 7.72. The summed E-state index contributed by atoms with van der Waals surface area (Å²) >= 11 is 0. The van der Waals surface area contributed by atoms with Crippen LogP contribution in [0.4, 0.5) is 0 Å². The van der Waals surface area contributed by atoms with Gasteiger partial charge in [-0.1, -0.05) is 19.4 Å². The van der Waals surface area contributed by atoms with Gasteiger partial charge >= 0.3 is 0 Å². The first-order valence-corrected chi connectivity index (χ1v) is 4.49. The highest BCUT2D eigenvalue weighted by Gasteiger charge is 2.07. The van der Waals surface area contributed by atoms with Crippen LogP contribution in [0.3, 0.4) is 0 Å². The van der Waals surface area contributed by atoms with Crippen molar-refractivity contribution in [1.29, 1.82) is 0 Å². The Bertz CT molecular complexity index is 97.0. The minimum atomic E-state index is -0.148. The minimum Gasteiger partial charge on any atom is -0.393 e. The molecule has 0 aromatic heterocycles. The molecule has 0 spiro atoms. The van der Waals surface area contributed by atoms with Crippen molar-refractivity contribution in [2.75, 3.05) is 0 Å². The van der Waals surface area contributed by atoms with Crippen LogP contribution in [0.1, 0.15) is 39.5 Å². The second-order valence-corrected chi connectivity index (χ2v) is 3.23. The molecule has 1 N–H and O–H groups in total. The van der Waals surface area contributed by atoms with Gasteiger partial charge in [-0.15, -0.1) is 6.58 Å². The quantitative estimate of drug-likeness (QED) is 0.586. The van der Waals surface area contributed by atoms with Gasteiger partial charge in [-0.25, -0.2) is 0 Å². The standard InChI is InChI=1S/C10H20O/c1-4-6-7-10(5-2)8-9(3)11/h4,9-11H,1,5-8H2,2-3H3/t9-,10?/m0/s1. The number of allylic oxidation sites excluding steroid dienone is 1. The molecule has 1 nitrogen and oxygen atoms in total. The monoisotopic (exact) mass is 156 g/mol. The minimum absolute atomic E-state index is 0.148. The molecule has 1 unspecified atom stereocenters. The van der Waals surface area contributed by atoms with E-state index < -0.39 is 0 Å². The highest BCUT2D eigenvalue weighted by atomic mass is 16.3. The Morgan fingerprint density at radius 3 is 2.55 bits per heavy atom. The van der Waals surface area contributed by atoms with Gasteiger partial charge in [0.2, 0.25) is 0 Å². The first kappa shape index (κ1) is 10.7. The van der Waals surface area contributed by atoms with E-state index in [2.05, 4.69) is 13.5 Å². The second kappa shape index (κ2) is 6.41. The van der Waals surface area contributed by atoms with E-state index in [1.54, 1.807) is 0 Å². The van der Waals surface area contributed by atoms with Gasteiger partial charge in [-0.3, -0.25) is 0 Å². The van der Waals surface area contributed by atoms with Crippen LogP contribution in [-0.4, -0.2) is 11.2 Å². The maximum absolute atomic E-state index is 9.13. The van der Waals surface area contributed by atoms with Crippen LogP contribution in [0.25, 0.3) is 0 Å². The predicted molar refractivity (Wildman–Crippen MR) is 49.5 cm³/mol. The fourth-order valence-electron chi connectivity index (χ4n) is 1.32. The fourth-order valence-corrected chi connectivity index (χ4v) is 1.32. The molecule has 0 rings (SSSR count). The summed E-state index contributed by atoms with van der Waals surface area (Å²) in [6.07, 6.45) is 6.15. The zero-order valence-corrected chi connectivity index (χ0v) is 7.71. The predicted octanol–water partition coefficient (Wildman–Crippen LogP) is 2.75. The average molecular weight is 156 g/mol. The molecular formula is C10H20O. The Morgan fingerprint density at radius 2 is 2.18 bits per heavy atom. The zero-order valence-electron chi connectivity index (χ0n) is 7.71. The van der Waals surface area contributed by atoms with Gasteiger partial charge in [-0.2, -0.15) is 0 Å². The Hall–Kier alpha value is -0.300. The van der Waals surface area contributed by atoms with Gasteiger partial charge in [0.25, 0.3) is 0 Å². The molecule has 0 aliphatic heterocycles. The number of rotatable bonds is 6. The van der Waals surface area contributed by atoms with E-state index in [-0.39, 0.29) is 6.10 Å². The lowest BCUT2D eigenvalue weighted by Crippen LogP contribution is -2.08. The SMILES string of the molecule is C=CCCC(CC)C[C@H](C)O. The van der Waals surface area contributed by atoms with Gasteiger partial charge in [-0.05, 0) is 32.1 Å². The summed E-state index contributed by atoms with van der Waals surface area (Å²) in [5.74, 6) is 0.674.